The van der Waals surface area contributed by atoms with E-state index in [1.165, 1.54) is 26.5 Å². The maximum atomic E-state index is 12.0. The molecule has 0 amide bonds. The Balaban J connectivity index is 2.38. The Kier molecular flexibility index (Phi) is 7.14. The number of nitrogens with one attached hydrogen (secondary N) is 1. The van der Waals surface area contributed by atoms with Crippen molar-refractivity contribution in [3.63, 3.8) is 0 Å². The van der Waals surface area contributed by atoms with E-state index >= 15 is 0 Å². The molecule has 4 nitrogen and oxygen atoms in total. The van der Waals surface area contributed by atoms with Crippen LogP contribution in [0.2, 0.25) is 0 Å². The second kappa shape index (κ2) is 8.14. The molecule has 0 aromatic rings. The number of unbranched alkanes of at least 4 members (excludes halogenated alkanes) is 1. The second-order valence-electron chi connectivity index (χ2n) is 7.11. The zero-order valence-corrected chi connectivity index (χ0v) is 14.6. The molecule has 0 radical (unpaired) electrons. The van der Waals surface area contributed by atoms with Crippen LogP contribution in [-0.4, -0.2) is 48.7 Å². The third-order valence-electron chi connectivity index (χ3n) is 4.83. The molecule has 124 valence electrons. The van der Waals surface area contributed by atoms with E-state index in [0.29, 0.717) is 5.54 Å². The van der Waals surface area contributed by atoms with Crippen LogP contribution in [0.1, 0.15) is 66.2 Å². The first-order valence-corrected chi connectivity index (χ1v) is 8.44. The van der Waals surface area contributed by atoms with Crippen LogP contribution in [0.3, 0.4) is 0 Å². The van der Waals surface area contributed by atoms with E-state index < -0.39 is 5.54 Å². The average Bonchev–Trinajstić information content (AvgIpc) is 2.79. The lowest BCUT2D eigenvalue weighted by atomic mass is 9.94. The van der Waals surface area contributed by atoms with Crippen molar-refractivity contribution in [1.29, 1.82) is 0 Å². The monoisotopic (exact) mass is 298 g/mol. The molecular formula is C17H34N2O2. The van der Waals surface area contributed by atoms with Crippen molar-refractivity contribution < 1.29 is 9.53 Å². The van der Waals surface area contributed by atoms with E-state index in [0.717, 1.165) is 38.8 Å². The van der Waals surface area contributed by atoms with Gasteiger partial charge in [-0.1, -0.05) is 6.92 Å². The number of hydrogen-bond acceptors (Lipinski definition) is 4. The van der Waals surface area contributed by atoms with Crippen LogP contribution in [0.4, 0.5) is 0 Å². The molecule has 0 saturated carbocycles. The fraction of sp³-hybridized carbons (Fsp3) is 0.941. The summed E-state index contributed by atoms with van der Waals surface area (Å²) in [4.78, 5) is 14.6. The number of methoxy groups -OCH3 is 1. The lowest BCUT2D eigenvalue weighted by Crippen LogP contribution is -2.50. The van der Waals surface area contributed by atoms with Crippen molar-refractivity contribution in [3.8, 4) is 0 Å². The van der Waals surface area contributed by atoms with Gasteiger partial charge < -0.3 is 10.1 Å². The molecular weight excluding hydrogens is 264 g/mol. The highest BCUT2D eigenvalue weighted by molar-refractivity contribution is 5.80. The van der Waals surface area contributed by atoms with Gasteiger partial charge in [-0.25, -0.2) is 0 Å². The normalized spacial score (nSPS) is 21.2. The van der Waals surface area contributed by atoms with Crippen molar-refractivity contribution in [1.82, 2.24) is 10.2 Å². The van der Waals surface area contributed by atoms with Gasteiger partial charge in [0, 0.05) is 5.54 Å². The summed E-state index contributed by atoms with van der Waals surface area (Å²) in [7, 11) is 1.47. The highest BCUT2D eigenvalue weighted by Gasteiger charge is 2.34. The molecule has 0 aromatic carbocycles. The Bertz CT molecular complexity index is 331. The molecule has 0 aliphatic carbocycles. The summed E-state index contributed by atoms with van der Waals surface area (Å²) in [6, 6.07) is 0. The van der Waals surface area contributed by atoms with Crippen LogP contribution < -0.4 is 5.32 Å². The van der Waals surface area contributed by atoms with E-state index in [1.54, 1.807) is 0 Å². The topological polar surface area (TPSA) is 41.6 Å². The van der Waals surface area contributed by atoms with Gasteiger partial charge in [0.1, 0.15) is 5.54 Å². The van der Waals surface area contributed by atoms with Crippen molar-refractivity contribution in [2.75, 3.05) is 26.7 Å². The first kappa shape index (κ1) is 18.4. The van der Waals surface area contributed by atoms with E-state index in [-0.39, 0.29) is 5.97 Å². The van der Waals surface area contributed by atoms with Gasteiger partial charge in [-0.05, 0) is 78.9 Å². The standard InChI is InChI=1S/C17H34N2O2/c1-6-12-18-17(4,15(20)21-5)11-7-8-13-19-14-9-10-16(19,2)3/h18H,6-14H2,1-5H3. The van der Waals surface area contributed by atoms with Crippen LogP contribution >= 0.6 is 0 Å². The van der Waals surface area contributed by atoms with E-state index in [1.807, 2.05) is 6.92 Å². The molecule has 1 saturated heterocycles. The van der Waals surface area contributed by atoms with Crippen LogP contribution in [-0.2, 0) is 9.53 Å². The number of carbonyl (C=O) groups is 1. The number of rotatable bonds is 9. The number of nitrogens with zero attached hydrogens (tertiary/aromatic N) is 1. The molecule has 0 aromatic heterocycles. The summed E-state index contributed by atoms with van der Waals surface area (Å²) in [5, 5.41) is 3.35. The van der Waals surface area contributed by atoms with Crippen LogP contribution in [0.5, 0.6) is 0 Å². The van der Waals surface area contributed by atoms with Crippen LogP contribution in [0.15, 0.2) is 0 Å². The number of ether oxygens (including phenoxy) is 1. The molecule has 0 spiro atoms. The lowest BCUT2D eigenvalue weighted by molar-refractivity contribution is -0.148. The number of hydrogen-bond donors (Lipinski definition) is 1. The van der Waals surface area contributed by atoms with Gasteiger partial charge in [0.25, 0.3) is 0 Å². The maximum Gasteiger partial charge on any atom is 0.325 e. The van der Waals surface area contributed by atoms with Gasteiger partial charge in [0.05, 0.1) is 7.11 Å². The highest BCUT2D eigenvalue weighted by Crippen LogP contribution is 2.28. The average molecular weight is 298 g/mol. The molecule has 1 atom stereocenters. The molecule has 21 heavy (non-hydrogen) atoms. The molecule has 1 N–H and O–H groups in total. The molecule has 1 rings (SSSR count). The fourth-order valence-corrected chi connectivity index (χ4v) is 3.25. The largest absolute Gasteiger partial charge is 0.468 e. The molecule has 1 heterocycles. The summed E-state index contributed by atoms with van der Waals surface area (Å²) >= 11 is 0. The minimum Gasteiger partial charge on any atom is -0.468 e. The van der Waals surface area contributed by atoms with Crippen molar-refractivity contribution >= 4 is 5.97 Å². The number of esters is 1. The second-order valence-corrected chi connectivity index (χ2v) is 7.11. The van der Waals surface area contributed by atoms with Crippen LogP contribution in [0, 0.1) is 0 Å². The maximum absolute atomic E-state index is 12.0. The summed E-state index contributed by atoms with van der Waals surface area (Å²) in [6.45, 7) is 12.0. The van der Waals surface area contributed by atoms with Gasteiger partial charge in [0.15, 0.2) is 0 Å². The molecule has 4 heteroatoms. The third kappa shape index (κ3) is 5.26. The highest BCUT2D eigenvalue weighted by atomic mass is 16.5. The SMILES string of the molecule is CCCNC(C)(CCCCN1CCCC1(C)C)C(=O)OC. The smallest absolute Gasteiger partial charge is 0.325 e. The summed E-state index contributed by atoms with van der Waals surface area (Å²) in [5.41, 5.74) is -0.183. The third-order valence-corrected chi connectivity index (χ3v) is 4.83. The predicted molar refractivity (Wildman–Crippen MR) is 87.5 cm³/mol. The van der Waals surface area contributed by atoms with E-state index in [9.17, 15) is 4.79 Å². The van der Waals surface area contributed by atoms with Crippen molar-refractivity contribution in [3.05, 3.63) is 0 Å². The lowest BCUT2D eigenvalue weighted by Gasteiger charge is -2.32. The Morgan fingerprint density at radius 2 is 2.10 bits per heavy atom. The molecule has 1 aliphatic rings. The number of likely N-dealkylation sites (tertiary alicyclic amines) is 1. The van der Waals surface area contributed by atoms with Gasteiger partial charge >= 0.3 is 5.97 Å². The quantitative estimate of drug-likeness (QED) is 0.525. The summed E-state index contributed by atoms with van der Waals surface area (Å²) in [5.74, 6) is -0.141. The van der Waals surface area contributed by atoms with E-state index in [4.69, 9.17) is 4.74 Å². The molecule has 1 fully saturated rings. The van der Waals surface area contributed by atoms with E-state index in [2.05, 4.69) is 31.0 Å². The zero-order valence-electron chi connectivity index (χ0n) is 14.6. The molecule has 0 bridgehead atoms. The Morgan fingerprint density at radius 1 is 1.38 bits per heavy atom. The van der Waals surface area contributed by atoms with Gasteiger partial charge in [-0.2, -0.15) is 0 Å². The molecule has 1 unspecified atom stereocenters. The fourth-order valence-electron chi connectivity index (χ4n) is 3.25. The van der Waals surface area contributed by atoms with Crippen molar-refractivity contribution in [2.45, 2.75) is 77.3 Å². The Hall–Kier alpha value is -0.610. The Morgan fingerprint density at radius 3 is 2.62 bits per heavy atom. The summed E-state index contributed by atoms with van der Waals surface area (Å²) < 4.78 is 4.96. The zero-order chi connectivity index (χ0) is 15.9. The van der Waals surface area contributed by atoms with Crippen LogP contribution in [0.25, 0.3) is 0 Å². The first-order chi connectivity index (χ1) is 9.85. The minimum atomic E-state index is -0.536. The molecule has 1 aliphatic heterocycles. The van der Waals surface area contributed by atoms with Crippen molar-refractivity contribution in [2.24, 2.45) is 0 Å². The minimum absolute atomic E-state index is 0.141. The Labute approximate surface area is 130 Å². The van der Waals surface area contributed by atoms with Gasteiger partial charge in [0.2, 0.25) is 0 Å². The first-order valence-electron chi connectivity index (χ1n) is 8.44. The van der Waals surface area contributed by atoms with Gasteiger partial charge in [-0.3, -0.25) is 9.69 Å². The predicted octanol–water partition coefficient (Wildman–Crippen LogP) is 2.96. The van der Waals surface area contributed by atoms with Gasteiger partial charge in [-0.15, -0.1) is 0 Å². The number of carbonyl (C=O) groups excluding carboxylic acids is 1. The summed E-state index contributed by atoms with van der Waals surface area (Å²) in [6.07, 6.45) is 6.66.